The van der Waals surface area contributed by atoms with E-state index in [4.69, 9.17) is 4.74 Å². The van der Waals surface area contributed by atoms with Gasteiger partial charge in [0.2, 0.25) is 0 Å². The van der Waals surface area contributed by atoms with Gasteiger partial charge in [0, 0.05) is 13.2 Å². The van der Waals surface area contributed by atoms with Crippen LogP contribution in [-0.2, 0) is 4.74 Å². The summed E-state index contributed by atoms with van der Waals surface area (Å²) in [6, 6.07) is 0. The zero-order valence-corrected chi connectivity index (χ0v) is 10.5. The third-order valence-corrected chi connectivity index (χ3v) is 2.14. The molecule has 0 fully saturated rings. The fraction of sp³-hybridized carbons (Fsp3) is 1.00. The van der Waals surface area contributed by atoms with Crippen molar-refractivity contribution in [3.8, 4) is 0 Å². The van der Waals surface area contributed by atoms with Crippen LogP contribution in [0.2, 0.25) is 0 Å². The van der Waals surface area contributed by atoms with Crippen molar-refractivity contribution in [2.75, 3.05) is 26.3 Å². The molecule has 0 aromatic heterocycles. The Hall–Kier alpha value is -0.120. The first-order chi connectivity index (χ1) is 7.16. The Balaban J connectivity index is 3.15. The Labute approximate surface area is 94.2 Å². The summed E-state index contributed by atoms with van der Waals surface area (Å²) in [6.07, 6.45) is 3.15. The molecule has 1 unspecified atom stereocenters. The number of nitrogens with one attached hydrogen (secondary N) is 1. The van der Waals surface area contributed by atoms with E-state index in [0.717, 1.165) is 19.6 Å². The van der Waals surface area contributed by atoms with Crippen LogP contribution in [0, 0.1) is 5.92 Å². The number of ether oxygens (including phenoxy) is 1. The summed E-state index contributed by atoms with van der Waals surface area (Å²) < 4.78 is 5.37. The summed E-state index contributed by atoms with van der Waals surface area (Å²) in [5, 5.41) is 12.7. The number of rotatable bonds is 10. The first kappa shape index (κ1) is 14.9. The second-order valence-electron chi connectivity index (χ2n) is 4.49. The highest BCUT2D eigenvalue weighted by atomic mass is 16.5. The van der Waals surface area contributed by atoms with Gasteiger partial charge in [-0.3, -0.25) is 0 Å². The highest BCUT2D eigenvalue weighted by Gasteiger charge is 2.03. The van der Waals surface area contributed by atoms with Gasteiger partial charge in [-0.1, -0.05) is 33.6 Å². The van der Waals surface area contributed by atoms with E-state index in [0.29, 0.717) is 19.1 Å². The van der Waals surface area contributed by atoms with Crippen LogP contribution in [0.5, 0.6) is 0 Å². The summed E-state index contributed by atoms with van der Waals surface area (Å²) in [5.41, 5.74) is 0. The first-order valence-electron chi connectivity index (χ1n) is 6.13. The lowest BCUT2D eigenvalue weighted by molar-refractivity contribution is 0.0353. The molecule has 0 rings (SSSR count). The van der Waals surface area contributed by atoms with Gasteiger partial charge in [-0.05, 0) is 18.9 Å². The second kappa shape index (κ2) is 10.4. The molecule has 0 radical (unpaired) electrons. The molecular weight excluding hydrogens is 190 g/mol. The van der Waals surface area contributed by atoms with E-state index in [9.17, 15) is 5.11 Å². The number of aliphatic hydroxyl groups excluding tert-OH is 1. The van der Waals surface area contributed by atoms with Crippen LogP contribution in [0.15, 0.2) is 0 Å². The van der Waals surface area contributed by atoms with Gasteiger partial charge in [0.1, 0.15) is 0 Å². The third kappa shape index (κ3) is 11.8. The molecule has 0 amide bonds. The Morgan fingerprint density at radius 3 is 2.53 bits per heavy atom. The lowest BCUT2D eigenvalue weighted by atomic mass is 10.2. The first-order valence-corrected chi connectivity index (χ1v) is 6.13. The average Bonchev–Trinajstić information content (AvgIpc) is 2.17. The van der Waals surface area contributed by atoms with Gasteiger partial charge in [-0.15, -0.1) is 0 Å². The standard InChI is InChI=1S/C12H27NO2/c1-4-5-6-7-15-10-12(14)9-13-8-11(2)3/h11-14H,4-10H2,1-3H3. The number of hydrogen-bond donors (Lipinski definition) is 2. The smallest absolute Gasteiger partial charge is 0.0897 e. The Morgan fingerprint density at radius 1 is 1.20 bits per heavy atom. The largest absolute Gasteiger partial charge is 0.389 e. The van der Waals surface area contributed by atoms with Gasteiger partial charge >= 0.3 is 0 Å². The van der Waals surface area contributed by atoms with E-state index in [1.54, 1.807) is 0 Å². The molecule has 0 aromatic rings. The molecule has 0 saturated heterocycles. The van der Waals surface area contributed by atoms with Gasteiger partial charge in [0.25, 0.3) is 0 Å². The van der Waals surface area contributed by atoms with E-state index < -0.39 is 0 Å². The summed E-state index contributed by atoms with van der Waals surface area (Å²) >= 11 is 0. The molecule has 0 aliphatic rings. The summed E-state index contributed by atoms with van der Waals surface area (Å²) in [5.74, 6) is 0.627. The number of unbranched alkanes of at least 4 members (excludes halogenated alkanes) is 2. The quantitative estimate of drug-likeness (QED) is 0.548. The molecule has 1 atom stereocenters. The molecule has 0 spiro atoms. The lowest BCUT2D eigenvalue weighted by Crippen LogP contribution is -2.32. The van der Waals surface area contributed by atoms with Crippen LogP contribution in [0.3, 0.4) is 0 Å². The predicted molar refractivity (Wildman–Crippen MR) is 64.1 cm³/mol. The topological polar surface area (TPSA) is 41.5 Å². The van der Waals surface area contributed by atoms with Crippen LogP contribution in [0.25, 0.3) is 0 Å². The van der Waals surface area contributed by atoms with E-state index in [2.05, 4.69) is 26.1 Å². The van der Waals surface area contributed by atoms with Crippen molar-refractivity contribution in [3.63, 3.8) is 0 Å². The molecule has 3 nitrogen and oxygen atoms in total. The third-order valence-electron chi connectivity index (χ3n) is 2.14. The fourth-order valence-corrected chi connectivity index (χ4v) is 1.27. The number of aliphatic hydroxyl groups is 1. The van der Waals surface area contributed by atoms with Crippen molar-refractivity contribution in [2.45, 2.75) is 46.1 Å². The van der Waals surface area contributed by atoms with Crippen molar-refractivity contribution < 1.29 is 9.84 Å². The van der Waals surface area contributed by atoms with E-state index in [1.165, 1.54) is 12.8 Å². The predicted octanol–water partition coefficient (Wildman–Crippen LogP) is 1.80. The molecule has 2 N–H and O–H groups in total. The zero-order chi connectivity index (χ0) is 11.5. The lowest BCUT2D eigenvalue weighted by Gasteiger charge is -2.13. The van der Waals surface area contributed by atoms with E-state index in [-0.39, 0.29) is 6.10 Å². The molecule has 0 bridgehead atoms. The minimum atomic E-state index is -0.370. The molecule has 15 heavy (non-hydrogen) atoms. The SMILES string of the molecule is CCCCCOCC(O)CNCC(C)C. The molecule has 0 aliphatic carbocycles. The molecule has 0 saturated carbocycles. The minimum Gasteiger partial charge on any atom is -0.389 e. The van der Waals surface area contributed by atoms with Gasteiger partial charge in [-0.25, -0.2) is 0 Å². The van der Waals surface area contributed by atoms with E-state index in [1.807, 2.05) is 0 Å². The molecule has 0 heterocycles. The molecule has 92 valence electrons. The molecule has 0 aromatic carbocycles. The monoisotopic (exact) mass is 217 g/mol. The summed E-state index contributed by atoms with van der Waals surface area (Å²) in [6.45, 7) is 9.29. The van der Waals surface area contributed by atoms with Crippen molar-refractivity contribution in [3.05, 3.63) is 0 Å². The average molecular weight is 217 g/mol. The molecular formula is C12H27NO2. The van der Waals surface area contributed by atoms with Crippen LogP contribution in [-0.4, -0.2) is 37.5 Å². The maximum Gasteiger partial charge on any atom is 0.0897 e. The Kier molecular flexibility index (Phi) is 10.3. The van der Waals surface area contributed by atoms with Crippen LogP contribution in [0.1, 0.15) is 40.0 Å². The van der Waals surface area contributed by atoms with Crippen molar-refractivity contribution >= 4 is 0 Å². The van der Waals surface area contributed by atoms with Gasteiger partial charge in [-0.2, -0.15) is 0 Å². The van der Waals surface area contributed by atoms with Crippen LogP contribution >= 0.6 is 0 Å². The van der Waals surface area contributed by atoms with Crippen molar-refractivity contribution in [1.29, 1.82) is 0 Å². The Bertz CT molecular complexity index is 129. The minimum absolute atomic E-state index is 0.370. The highest BCUT2D eigenvalue weighted by molar-refractivity contribution is 4.59. The second-order valence-corrected chi connectivity index (χ2v) is 4.49. The normalized spacial score (nSPS) is 13.4. The van der Waals surface area contributed by atoms with Crippen molar-refractivity contribution in [1.82, 2.24) is 5.32 Å². The Morgan fingerprint density at radius 2 is 1.93 bits per heavy atom. The fourth-order valence-electron chi connectivity index (χ4n) is 1.27. The van der Waals surface area contributed by atoms with E-state index >= 15 is 0 Å². The maximum atomic E-state index is 9.53. The summed E-state index contributed by atoms with van der Waals surface area (Å²) in [4.78, 5) is 0. The van der Waals surface area contributed by atoms with Gasteiger partial charge in [0.15, 0.2) is 0 Å². The molecule has 0 aliphatic heterocycles. The number of hydrogen-bond acceptors (Lipinski definition) is 3. The van der Waals surface area contributed by atoms with Crippen LogP contribution < -0.4 is 5.32 Å². The molecule has 3 heteroatoms. The zero-order valence-electron chi connectivity index (χ0n) is 10.5. The highest BCUT2D eigenvalue weighted by Crippen LogP contribution is 1.95. The maximum absolute atomic E-state index is 9.53. The van der Waals surface area contributed by atoms with Crippen molar-refractivity contribution in [2.24, 2.45) is 5.92 Å². The van der Waals surface area contributed by atoms with Gasteiger partial charge in [0.05, 0.1) is 12.7 Å². The summed E-state index contributed by atoms with van der Waals surface area (Å²) in [7, 11) is 0. The van der Waals surface area contributed by atoms with Gasteiger partial charge < -0.3 is 15.2 Å². The van der Waals surface area contributed by atoms with Crippen LogP contribution in [0.4, 0.5) is 0 Å².